The third-order valence-electron chi connectivity index (χ3n) is 2.58. The second-order valence-corrected chi connectivity index (χ2v) is 5.75. The van der Waals surface area contributed by atoms with Crippen molar-refractivity contribution in [3.8, 4) is 5.75 Å². The van der Waals surface area contributed by atoms with Crippen molar-refractivity contribution in [2.24, 2.45) is 0 Å². The maximum absolute atomic E-state index is 11.2. The zero-order chi connectivity index (χ0) is 14.8. The van der Waals surface area contributed by atoms with Crippen LogP contribution in [0.1, 0.15) is 0 Å². The Morgan fingerprint density at radius 1 is 1.20 bits per heavy atom. The summed E-state index contributed by atoms with van der Waals surface area (Å²) >= 11 is 5.87. The summed E-state index contributed by atoms with van der Waals surface area (Å²) < 4.78 is 36.6. The van der Waals surface area contributed by atoms with E-state index in [0.29, 0.717) is 5.69 Å². The van der Waals surface area contributed by atoms with Crippen LogP contribution in [-0.4, -0.2) is 20.1 Å². The molecule has 0 atom stereocenters. The van der Waals surface area contributed by atoms with Crippen LogP contribution in [0.15, 0.2) is 47.4 Å². The maximum atomic E-state index is 11.2. The number of anilines is 2. The zero-order valence-electron chi connectivity index (χ0n) is 10.5. The van der Waals surface area contributed by atoms with Gasteiger partial charge in [-0.15, -0.1) is 0 Å². The quantitative estimate of drug-likeness (QED) is 0.847. The molecule has 0 aliphatic heterocycles. The molecule has 0 unspecified atom stereocenters. The molecule has 2 aromatic rings. The van der Waals surface area contributed by atoms with Crippen molar-refractivity contribution < 1.29 is 17.7 Å². The minimum absolute atomic E-state index is 0.0910. The first-order valence-electron chi connectivity index (χ1n) is 5.59. The van der Waals surface area contributed by atoms with Crippen molar-refractivity contribution in [3.05, 3.63) is 47.5 Å². The van der Waals surface area contributed by atoms with E-state index in [1.807, 2.05) is 30.3 Å². The Balaban J connectivity index is 2.47. The fourth-order valence-electron chi connectivity index (χ4n) is 1.68. The van der Waals surface area contributed by atoms with Crippen LogP contribution in [0.2, 0.25) is 5.02 Å². The summed E-state index contributed by atoms with van der Waals surface area (Å²) in [6.45, 7) is 0. The van der Waals surface area contributed by atoms with Gasteiger partial charge in [0.05, 0.1) is 17.8 Å². The summed E-state index contributed by atoms with van der Waals surface area (Å²) in [4.78, 5) is -0.394. The zero-order valence-corrected chi connectivity index (χ0v) is 12.1. The van der Waals surface area contributed by atoms with E-state index in [4.69, 9.17) is 20.9 Å². The van der Waals surface area contributed by atoms with Gasteiger partial charge in [-0.3, -0.25) is 4.55 Å². The summed E-state index contributed by atoms with van der Waals surface area (Å²) in [5.41, 5.74) is 1.29. The highest BCUT2D eigenvalue weighted by Crippen LogP contribution is 2.35. The number of rotatable bonds is 4. The summed E-state index contributed by atoms with van der Waals surface area (Å²) in [6.07, 6.45) is 0. The molecule has 7 heteroatoms. The molecular formula is C13H12ClNO4S. The summed E-state index contributed by atoms with van der Waals surface area (Å²) in [5, 5.41) is 2.97. The van der Waals surface area contributed by atoms with Crippen LogP contribution in [0.4, 0.5) is 11.4 Å². The number of para-hydroxylation sites is 1. The lowest BCUT2D eigenvalue weighted by molar-refractivity contribution is 0.414. The van der Waals surface area contributed by atoms with E-state index < -0.39 is 15.0 Å². The van der Waals surface area contributed by atoms with Gasteiger partial charge in [0, 0.05) is 11.8 Å². The lowest BCUT2D eigenvalue weighted by Gasteiger charge is -2.13. The van der Waals surface area contributed by atoms with Gasteiger partial charge in [-0.25, -0.2) is 0 Å². The van der Waals surface area contributed by atoms with Gasteiger partial charge in [0.25, 0.3) is 10.1 Å². The van der Waals surface area contributed by atoms with Crippen LogP contribution >= 0.6 is 11.6 Å². The SMILES string of the molecule is COc1cc(S(=O)(=O)O)c(Cl)cc1Nc1ccccc1. The average molecular weight is 314 g/mol. The van der Waals surface area contributed by atoms with E-state index >= 15 is 0 Å². The number of methoxy groups -OCH3 is 1. The van der Waals surface area contributed by atoms with Crippen molar-refractivity contribution in [3.63, 3.8) is 0 Å². The fraction of sp³-hybridized carbons (Fsp3) is 0.0769. The van der Waals surface area contributed by atoms with E-state index in [-0.39, 0.29) is 10.8 Å². The van der Waals surface area contributed by atoms with Gasteiger partial charge in [0.1, 0.15) is 10.6 Å². The predicted octanol–water partition coefficient (Wildman–Crippen LogP) is 3.34. The molecule has 0 fully saturated rings. The number of hydrogen-bond acceptors (Lipinski definition) is 4. The summed E-state index contributed by atoms with van der Waals surface area (Å²) in [5.74, 6) is 0.255. The molecule has 0 saturated heterocycles. The van der Waals surface area contributed by atoms with Crippen molar-refractivity contribution in [1.82, 2.24) is 0 Å². The molecule has 5 nitrogen and oxygen atoms in total. The third kappa shape index (κ3) is 3.22. The topological polar surface area (TPSA) is 75.6 Å². The first-order chi connectivity index (χ1) is 9.41. The monoisotopic (exact) mass is 313 g/mol. The molecule has 2 rings (SSSR count). The Hall–Kier alpha value is -1.76. The maximum Gasteiger partial charge on any atom is 0.296 e. The first kappa shape index (κ1) is 14.6. The summed E-state index contributed by atoms with van der Waals surface area (Å²) in [7, 11) is -3.00. The standard InChI is InChI=1S/C13H12ClNO4S/c1-19-12-8-13(20(16,17)18)10(14)7-11(12)15-9-5-3-2-4-6-9/h2-8,15H,1H3,(H,16,17,18). The van der Waals surface area contributed by atoms with Gasteiger partial charge in [-0.05, 0) is 18.2 Å². The van der Waals surface area contributed by atoms with Crippen LogP contribution in [0.25, 0.3) is 0 Å². The second-order valence-electron chi connectivity index (χ2n) is 3.95. The largest absolute Gasteiger partial charge is 0.495 e. The molecule has 0 aliphatic carbocycles. The molecule has 106 valence electrons. The second kappa shape index (κ2) is 5.70. The van der Waals surface area contributed by atoms with Crippen LogP contribution in [0, 0.1) is 0 Å². The van der Waals surface area contributed by atoms with E-state index in [1.54, 1.807) is 0 Å². The molecule has 2 N–H and O–H groups in total. The van der Waals surface area contributed by atoms with Gasteiger partial charge >= 0.3 is 0 Å². The molecule has 2 aromatic carbocycles. The number of nitrogens with one attached hydrogen (secondary N) is 1. The molecule has 0 spiro atoms. The Kier molecular flexibility index (Phi) is 4.17. The number of halogens is 1. The molecule has 0 radical (unpaired) electrons. The van der Waals surface area contributed by atoms with Crippen LogP contribution in [0.5, 0.6) is 5.75 Å². The van der Waals surface area contributed by atoms with Crippen molar-refractivity contribution >= 4 is 33.1 Å². The van der Waals surface area contributed by atoms with Crippen molar-refractivity contribution in [2.45, 2.75) is 4.90 Å². The molecular weight excluding hydrogens is 302 g/mol. The molecule has 0 aliphatic rings. The normalized spacial score (nSPS) is 11.2. The molecule has 0 saturated carbocycles. The van der Waals surface area contributed by atoms with E-state index in [9.17, 15) is 8.42 Å². The highest BCUT2D eigenvalue weighted by atomic mass is 35.5. The number of benzene rings is 2. The average Bonchev–Trinajstić information content (AvgIpc) is 2.38. The molecule has 0 bridgehead atoms. The Bertz CT molecular complexity index is 717. The fourth-order valence-corrected chi connectivity index (χ4v) is 2.69. The van der Waals surface area contributed by atoms with E-state index in [0.717, 1.165) is 5.69 Å². The van der Waals surface area contributed by atoms with Crippen molar-refractivity contribution in [1.29, 1.82) is 0 Å². The van der Waals surface area contributed by atoms with Crippen LogP contribution in [0.3, 0.4) is 0 Å². The Labute approximate surface area is 121 Å². The van der Waals surface area contributed by atoms with Gasteiger partial charge in [0.2, 0.25) is 0 Å². The predicted molar refractivity (Wildman–Crippen MR) is 77.5 cm³/mol. The van der Waals surface area contributed by atoms with Gasteiger partial charge in [0.15, 0.2) is 0 Å². The highest BCUT2D eigenvalue weighted by molar-refractivity contribution is 7.86. The highest BCUT2D eigenvalue weighted by Gasteiger charge is 2.18. The lowest BCUT2D eigenvalue weighted by Crippen LogP contribution is -2.02. The van der Waals surface area contributed by atoms with Gasteiger partial charge in [-0.1, -0.05) is 29.8 Å². The lowest BCUT2D eigenvalue weighted by atomic mass is 10.2. The van der Waals surface area contributed by atoms with Gasteiger partial charge < -0.3 is 10.1 Å². The smallest absolute Gasteiger partial charge is 0.296 e. The minimum atomic E-state index is -4.40. The number of hydrogen-bond donors (Lipinski definition) is 2. The third-order valence-corrected chi connectivity index (χ3v) is 3.90. The van der Waals surface area contributed by atoms with Crippen LogP contribution < -0.4 is 10.1 Å². The van der Waals surface area contributed by atoms with E-state index in [1.165, 1.54) is 19.2 Å². The van der Waals surface area contributed by atoms with Crippen molar-refractivity contribution in [2.75, 3.05) is 12.4 Å². The molecule has 0 aromatic heterocycles. The minimum Gasteiger partial charge on any atom is -0.495 e. The van der Waals surface area contributed by atoms with Crippen LogP contribution in [-0.2, 0) is 10.1 Å². The summed E-state index contributed by atoms with van der Waals surface area (Å²) in [6, 6.07) is 11.8. The Morgan fingerprint density at radius 2 is 1.85 bits per heavy atom. The number of ether oxygens (including phenoxy) is 1. The first-order valence-corrected chi connectivity index (χ1v) is 7.40. The van der Waals surface area contributed by atoms with Gasteiger partial charge in [-0.2, -0.15) is 8.42 Å². The molecule has 20 heavy (non-hydrogen) atoms. The molecule has 0 heterocycles. The Morgan fingerprint density at radius 3 is 2.40 bits per heavy atom. The van der Waals surface area contributed by atoms with E-state index in [2.05, 4.69) is 5.32 Å². The molecule has 0 amide bonds.